The summed E-state index contributed by atoms with van der Waals surface area (Å²) in [7, 11) is 0. The van der Waals surface area contributed by atoms with Crippen molar-refractivity contribution in [2.75, 3.05) is 5.88 Å². The van der Waals surface area contributed by atoms with Gasteiger partial charge in [-0.3, -0.25) is 4.79 Å². The SMILES string of the molecule is CCC(C)(CCCl)NC(=O)c1ccccc1F. The molecule has 0 aliphatic carbocycles. The van der Waals surface area contributed by atoms with Gasteiger partial charge >= 0.3 is 0 Å². The molecule has 0 spiro atoms. The van der Waals surface area contributed by atoms with E-state index in [1.807, 2.05) is 13.8 Å². The average molecular weight is 258 g/mol. The molecule has 0 aliphatic rings. The first-order chi connectivity index (χ1) is 8.02. The minimum Gasteiger partial charge on any atom is -0.347 e. The molecule has 17 heavy (non-hydrogen) atoms. The third kappa shape index (κ3) is 3.70. The number of carbonyl (C=O) groups excluding carboxylic acids is 1. The molecule has 0 saturated heterocycles. The summed E-state index contributed by atoms with van der Waals surface area (Å²) >= 11 is 5.70. The van der Waals surface area contributed by atoms with E-state index in [0.717, 1.165) is 6.42 Å². The molecule has 1 rings (SSSR count). The summed E-state index contributed by atoms with van der Waals surface area (Å²) < 4.78 is 13.4. The van der Waals surface area contributed by atoms with Gasteiger partial charge in [-0.05, 0) is 31.9 Å². The first-order valence-corrected chi connectivity index (χ1v) is 6.19. The van der Waals surface area contributed by atoms with Crippen molar-refractivity contribution < 1.29 is 9.18 Å². The van der Waals surface area contributed by atoms with E-state index in [4.69, 9.17) is 11.6 Å². The predicted molar refractivity (Wildman–Crippen MR) is 67.9 cm³/mol. The molecule has 0 saturated carbocycles. The summed E-state index contributed by atoms with van der Waals surface area (Å²) in [5.41, 5.74) is -0.317. The maximum absolute atomic E-state index is 13.4. The van der Waals surface area contributed by atoms with Crippen LogP contribution in [0.4, 0.5) is 4.39 Å². The molecule has 1 N–H and O–H groups in total. The second kappa shape index (κ2) is 6.01. The molecule has 94 valence electrons. The lowest BCUT2D eigenvalue weighted by Crippen LogP contribution is -2.46. The van der Waals surface area contributed by atoms with Gasteiger partial charge in [-0.25, -0.2) is 4.39 Å². The third-order valence-corrected chi connectivity index (χ3v) is 3.15. The monoisotopic (exact) mass is 257 g/mol. The highest BCUT2D eigenvalue weighted by atomic mass is 35.5. The van der Waals surface area contributed by atoms with Gasteiger partial charge in [0.1, 0.15) is 5.82 Å². The zero-order valence-electron chi connectivity index (χ0n) is 10.1. The smallest absolute Gasteiger partial charge is 0.254 e. The molecule has 0 radical (unpaired) electrons. The number of alkyl halides is 1. The van der Waals surface area contributed by atoms with Crippen molar-refractivity contribution in [3.63, 3.8) is 0 Å². The first kappa shape index (κ1) is 14.0. The average Bonchev–Trinajstić information content (AvgIpc) is 2.29. The van der Waals surface area contributed by atoms with E-state index in [-0.39, 0.29) is 11.1 Å². The number of halogens is 2. The molecule has 0 bridgehead atoms. The Hall–Kier alpha value is -1.09. The number of hydrogen-bond acceptors (Lipinski definition) is 1. The van der Waals surface area contributed by atoms with Crippen LogP contribution in [0.25, 0.3) is 0 Å². The minimum absolute atomic E-state index is 0.0711. The summed E-state index contributed by atoms with van der Waals surface area (Å²) in [4.78, 5) is 11.9. The molecule has 2 nitrogen and oxygen atoms in total. The fourth-order valence-corrected chi connectivity index (χ4v) is 1.94. The normalized spacial score (nSPS) is 14.1. The number of amides is 1. The Labute approximate surface area is 106 Å². The zero-order chi connectivity index (χ0) is 12.9. The van der Waals surface area contributed by atoms with Crippen molar-refractivity contribution in [2.24, 2.45) is 0 Å². The molecule has 1 unspecified atom stereocenters. The van der Waals surface area contributed by atoms with Gasteiger partial charge in [-0.2, -0.15) is 0 Å². The number of benzene rings is 1. The maximum Gasteiger partial charge on any atom is 0.254 e. The third-order valence-electron chi connectivity index (χ3n) is 2.96. The molecule has 1 atom stereocenters. The number of hydrogen-bond donors (Lipinski definition) is 1. The van der Waals surface area contributed by atoms with Crippen LogP contribution in [0.15, 0.2) is 24.3 Å². The van der Waals surface area contributed by atoms with Crippen LogP contribution in [0.1, 0.15) is 37.0 Å². The Bertz CT molecular complexity index is 397. The molecule has 0 heterocycles. The minimum atomic E-state index is -0.505. The summed E-state index contributed by atoms with van der Waals surface area (Å²) in [5, 5.41) is 2.84. The summed E-state index contributed by atoms with van der Waals surface area (Å²) in [6.07, 6.45) is 1.41. The van der Waals surface area contributed by atoms with Crippen LogP contribution in [0.3, 0.4) is 0 Å². The highest BCUT2D eigenvalue weighted by Gasteiger charge is 2.25. The highest BCUT2D eigenvalue weighted by Crippen LogP contribution is 2.17. The van der Waals surface area contributed by atoms with Gasteiger partial charge in [-0.1, -0.05) is 19.1 Å². The van der Waals surface area contributed by atoms with Gasteiger partial charge in [0, 0.05) is 11.4 Å². The van der Waals surface area contributed by atoms with Crippen LogP contribution in [-0.2, 0) is 0 Å². The molecule has 4 heteroatoms. The van der Waals surface area contributed by atoms with E-state index in [9.17, 15) is 9.18 Å². The van der Waals surface area contributed by atoms with Crippen molar-refractivity contribution in [3.8, 4) is 0 Å². The van der Waals surface area contributed by atoms with Crippen molar-refractivity contribution in [1.82, 2.24) is 5.32 Å². The Morgan fingerprint density at radius 3 is 2.65 bits per heavy atom. The molecule has 1 aromatic carbocycles. The van der Waals surface area contributed by atoms with E-state index in [1.54, 1.807) is 12.1 Å². The molecular weight excluding hydrogens is 241 g/mol. The lowest BCUT2D eigenvalue weighted by molar-refractivity contribution is 0.0897. The summed E-state index contributed by atoms with van der Waals surface area (Å²) in [6, 6.07) is 5.95. The fourth-order valence-electron chi connectivity index (χ4n) is 1.52. The number of carbonyl (C=O) groups is 1. The Kier molecular flexibility index (Phi) is 4.94. The Morgan fingerprint density at radius 2 is 2.12 bits per heavy atom. The van der Waals surface area contributed by atoms with E-state index in [0.29, 0.717) is 12.3 Å². The molecule has 0 aliphatic heterocycles. The second-order valence-corrected chi connectivity index (χ2v) is 4.67. The fraction of sp³-hybridized carbons (Fsp3) is 0.462. The molecule has 0 aromatic heterocycles. The van der Waals surface area contributed by atoms with Crippen LogP contribution in [0.2, 0.25) is 0 Å². The molecular formula is C13H17ClFNO. The molecule has 0 fully saturated rings. The van der Waals surface area contributed by atoms with Gasteiger partial charge in [0.25, 0.3) is 5.91 Å². The van der Waals surface area contributed by atoms with Crippen LogP contribution < -0.4 is 5.32 Å². The van der Waals surface area contributed by atoms with Crippen LogP contribution in [0.5, 0.6) is 0 Å². The van der Waals surface area contributed by atoms with Gasteiger partial charge in [0.05, 0.1) is 5.56 Å². The van der Waals surface area contributed by atoms with E-state index in [2.05, 4.69) is 5.32 Å². The second-order valence-electron chi connectivity index (χ2n) is 4.29. The van der Waals surface area contributed by atoms with Crippen molar-refractivity contribution in [3.05, 3.63) is 35.6 Å². The summed E-state index contributed by atoms with van der Waals surface area (Å²) in [6.45, 7) is 3.88. The quantitative estimate of drug-likeness (QED) is 0.806. The van der Waals surface area contributed by atoms with Gasteiger partial charge < -0.3 is 5.32 Å². The largest absolute Gasteiger partial charge is 0.347 e. The lowest BCUT2D eigenvalue weighted by atomic mass is 9.95. The number of rotatable bonds is 5. The first-order valence-electron chi connectivity index (χ1n) is 5.65. The predicted octanol–water partition coefficient (Wildman–Crippen LogP) is 3.35. The Morgan fingerprint density at radius 1 is 1.47 bits per heavy atom. The topological polar surface area (TPSA) is 29.1 Å². The van der Waals surface area contributed by atoms with Crippen LogP contribution >= 0.6 is 11.6 Å². The summed E-state index contributed by atoms with van der Waals surface area (Å²) in [5.74, 6) is -0.436. The standard InChI is InChI=1S/C13H17ClFNO/c1-3-13(2,8-9-14)16-12(17)10-6-4-5-7-11(10)15/h4-7H,3,8-9H2,1-2H3,(H,16,17). The molecule has 1 amide bonds. The van der Waals surface area contributed by atoms with Gasteiger partial charge in [0.15, 0.2) is 0 Å². The van der Waals surface area contributed by atoms with E-state index >= 15 is 0 Å². The zero-order valence-corrected chi connectivity index (χ0v) is 10.9. The van der Waals surface area contributed by atoms with Crippen molar-refractivity contribution in [1.29, 1.82) is 0 Å². The van der Waals surface area contributed by atoms with Crippen molar-refractivity contribution in [2.45, 2.75) is 32.2 Å². The lowest BCUT2D eigenvalue weighted by Gasteiger charge is -2.29. The molecule has 1 aromatic rings. The maximum atomic E-state index is 13.4. The van der Waals surface area contributed by atoms with Crippen LogP contribution in [-0.4, -0.2) is 17.3 Å². The van der Waals surface area contributed by atoms with E-state index in [1.165, 1.54) is 12.1 Å². The van der Waals surface area contributed by atoms with Crippen LogP contribution in [0, 0.1) is 5.82 Å². The van der Waals surface area contributed by atoms with E-state index < -0.39 is 11.7 Å². The van der Waals surface area contributed by atoms with Gasteiger partial charge in [0.2, 0.25) is 0 Å². The highest BCUT2D eigenvalue weighted by molar-refractivity contribution is 6.17. The number of nitrogens with one attached hydrogen (secondary N) is 1. The Balaban J connectivity index is 2.82. The van der Waals surface area contributed by atoms with Crippen molar-refractivity contribution >= 4 is 17.5 Å². The van der Waals surface area contributed by atoms with Gasteiger partial charge in [-0.15, -0.1) is 11.6 Å².